The fraction of sp³-hybridized carbons (Fsp3) is 0.588. The van der Waals surface area contributed by atoms with Gasteiger partial charge in [0.15, 0.2) is 0 Å². The summed E-state index contributed by atoms with van der Waals surface area (Å²) in [6.07, 6.45) is 5.13. The van der Waals surface area contributed by atoms with Crippen molar-refractivity contribution in [3.8, 4) is 6.07 Å². The maximum Gasteiger partial charge on any atom is 0.124 e. The Bertz CT molecular complexity index is 554. The highest BCUT2D eigenvalue weighted by Crippen LogP contribution is 2.46. The monoisotopic (exact) mass is 288 g/mol. The molecule has 2 bridgehead atoms. The summed E-state index contributed by atoms with van der Waals surface area (Å²) in [5.41, 5.74) is 1.26. The van der Waals surface area contributed by atoms with Gasteiger partial charge in [-0.2, -0.15) is 5.26 Å². The van der Waals surface area contributed by atoms with Crippen LogP contribution in [0, 0.1) is 29.0 Å². The van der Waals surface area contributed by atoms with Crippen molar-refractivity contribution in [2.24, 2.45) is 11.8 Å². The average Bonchev–Trinajstić information content (AvgIpc) is 3.11. The van der Waals surface area contributed by atoms with Gasteiger partial charge in [0.1, 0.15) is 5.82 Å². The molecule has 2 saturated carbocycles. The Labute approximate surface area is 125 Å². The lowest BCUT2D eigenvalue weighted by Gasteiger charge is -2.34. The standard InChI is InChI=1S/C17H21FN2O/c18-16-4-3-14(15(9-16)10-19)11-20(5-6-21)17-8-12-1-2-13(17)7-12/h3-4,9,12-13,17,21H,1-2,5-8,11H2/t12-,13-,17-/m0/s1. The molecule has 4 heteroatoms. The molecule has 0 unspecified atom stereocenters. The predicted octanol–water partition coefficient (Wildman–Crippen LogP) is 2.68. The van der Waals surface area contributed by atoms with Crippen molar-refractivity contribution in [2.75, 3.05) is 13.2 Å². The van der Waals surface area contributed by atoms with Crippen LogP contribution >= 0.6 is 0 Å². The van der Waals surface area contributed by atoms with Gasteiger partial charge in [0.2, 0.25) is 0 Å². The largest absolute Gasteiger partial charge is 0.395 e. The van der Waals surface area contributed by atoms with E-state index in [0.29, 0.717) is 24.7 Å². The molecule has 0 radical (unpaired) electrons. The molecule has 3 atom stereocenters. The maximum absolute atomic E-state index is 13.2. The molecule has 1 N–H and O–H groups in total. The van der Waals surface area contributed by atoms with Gasteiger partial charge in [0.25, 0.3) is 0 Å². The highest BCUT2D eigenvalue weighted by atomic mass is 19.1. The second-order valence-electron chi connectivity index (χ2n) is 6.35. The first-order valence-electron chi connectivity index (χ1n) is 7.74. The first-order valence-corrected chi connectivity index (χ1v) is 7.74. The molecule has 3 nitrogen and oxygen atoms in total. The fourth-order valence-electron chi connectivity index (χ4n) is 4.16. The lowest BCUT2D eigenvalue weighted by molar-refractivity contribution is 0.107. The SMILES string of the molecule is N#Cc1cc(F)ccc1CN(CCO)[C@H]1C[C@H]2CC[C@H]1C2. The third-order valence-electron chi connectivity index (χ3n) is 5.12. The minimum Gasteiger partial charge on any atom is -0.395 e. The Morgan fingerprint density at radius 3 is 2.81 bits per heavy atom. The van der Waals surface area contributed by atoms with Gasteiger partial charge >= 0.3 is 0 Å². The van der Waals surface area contributed by atoms with Crippen molar-refractivity contribution in [2.45, 2.75) is 38.3 Å². The van der Waals surface area contributed by atoms with Crippen LogP contribution in [-0.2, 0) is 6.54 Å². The number of nitriles is 1. The normalized spacial score (nSPS) is 27.2. The van der Waals surface area contributed by atoms with E-state index in [1.807, 2.05) is 0 Å². The highest BCUT2D eigenvalue weighted by molar-refractivity contribution is 5.37. The zero-order valence-electron chi connectivity index (χ0n) is 12.1. The Kier molecular flexibility index (Phi) is 4.23. The highest BCUT2D eigenvalue weighted by Gasteiger charge is 2.42. The summed E-state index contributed by atoms with van der Waals surface area (Å²) in [5.74, 6) is 1.20. The van der Waals surface area contributed by atoms with E-state index in [0.717, 1.165) is 17.4 Å². The molecule has 0 aliphatic heterocycles. The van der Waals surface area contributed by atoms with E-state index in [1.54, 1.807) is 6.07 Å². The van der Waals surface area contributed by atoms with E-state index in [-0.39, 0.29) is 12.4 Å². The lowest BCUT2D eigenvalue weighted by atomic mass is 9.93. The third kappa shape index (κ3) is 2.95. The van der Waals surface area contributed by atoms with Crippen molar-refractivity contribution in [3.05, 3.63) is 35.1 Å². The molecule has 2 aliphatic carbocycles. The number of benzene rings is 1. The number of aliphatic hydroxyl groups is 1. The van der Waals surface area contributed by atoms with Gasteiger partial charge in [-0.1, -0.05) is 12.5 Å². The van der Waals surface area contributed by atoms with E-state index in [2.05, 4.69) is 11.0 Å². The van der Waals surface area contributed by atoms with Gasteiger partial charge in [-0.15, -0.1) is 0 Å². The van der Waals surface area contributed by atoms with Crippen LogP contribution in [0.25, 0.3) is 0 Å². The van der Waals surface area contributed by atoms with Crippen LogP contribution in [0.1, 0.15) is 36.8 Å². The molecule has 1 aromatic carbocycles. The molecule has 1 aromatic rings. The molecule has 0 aromatic heterocycles. The van der Waals surface area contributed by atoms with Gasteiger partial charge < -0.3 is 5.11 Å². The molecule has 0 amide bonds. The number of fused-ring (bicyclic) bond motifs is 2. The van der Waals surface area contributed by atoms with E-state index < -0.39 is 0 Å². The molecule has 0 heterocycles. The second kappa shape index (κ2) is 6.13. The van der Waals surface area contributed by atoms with Gasteiger partial charge in [-0.05, 0) is 48.8 Å². The zero-order valence-corrected chi connectivity index (χ0v) is 12.1. The van der Waals surface area contributed by atoms with Crippen molar-refractivity contribution in [3.63, 3.8) is 0 Å². The smallest absolute Gasteiger partial charge is 0.124 e. The summed E-state index contributed by atoms with van der Waals surface area (Å²) in [7, 11) is 0. The number of hydrogen-bond acceptors (Lipinski definition) is 3. The second-order valence-corrected chi connectivity index (χ2v) is 6.35. The van der Waals surface area contributed by atoms with Gasteiger partial charge in [0.05, 0.1) is 18.2 Å². The number of nitrogens with zero attached hydrogens (tertiary/aromatic N) is 2. The summed E-state index contributed by atoms with van der Waals surface area (Å²) >= 11 is 0. The van der Waals surface area contributed by atoms with E-state index in [4.69, 9.17) is 0 Å². The van der Waals surface area contributed by atoms with Gasteiger partial charge in [-0.3, -0.25) is 4.90 Å². The number of rotatable bonds is 5. The zero-order chi connectivity index (χ0) is 14.8. The lowest BCUT2D eigenvalue weighted by Crippen LogP contribution is -2.40. The predicted molar refractivity (Wildman–Crippen MR) is 77.8 cm³/mol. The van der Waals surface area contributed by atoms with Crippen molar-refractivity contribution < 1.29 is 9.50 Å². The first-order chi connectivity index (χ1) is 10.2. The summed E-state index contributed by atoms with van der Waals surface area (Å²) in [4.78, 5) is 2.29. The third-order valence-corrected chi connectivity index (χ3v) is 5.12. The minimum atomic E-state index is -0.371. The molecule has 2 aliphatic rings. The van der Waals surface area contributed by atoms with Gasteiger partial charge in [-0.25, -0.2) is 4.39 Å². The van der Waals surface area contributed by atoms with Crippen LogP contribution in [0.15, 0.2) is 18.2 Å². The topological polar surface area (TPSA) is 47.3 Å². The fourth-order valence-corrected chi connectivity index (χ4v) is 4.16. The maximum atomic E-state index is 13.2. The van der Waals surface area contributed by atoms with Crippen LogP contribution < -0.4 is 0 Å². The number of hydrogen-bond donors (Lipinski definition) is 1. The molecule has 3 rings (SSSR count). The van der Waals surface area contributed by atoms with Crippen LogP contribution in [0.4, 0.5) is 4.39 Å². The Hall–Kier alpha value is -1.44. The van der Waals surface area contributed by atoms with Crippen molar-refractivity contribution >= 4 is 0 Å². The molecular weight excluding hydrogens is 267 g/mol. The molecule has 2 fully saturated rings. The molecule has 112 valence electrons. The number of aliphatic hydroxyl groups excluding tert-OH is 1. The van der Waals surface area contributed by atoms with Crippen LogP contribution in [-0.4, -0.2) is 29.2 Å². The van der Waals surface area contributed by atoms with Crippen molar-refractivity contribution in [1.82, 2.24) is 4.90 Å². The molecule has 0 spiro atoms. The molecule has 21 heavy (non-hydrogen) atoms. The Balaban J connectivity index is 1.78. The van der Waals surface area contributed by atoms with E-state index in [1.165, 1.54) is 37.8 Å². The Morgan fingerprint density at radius 2 is 2.19 bits per heavy atom. The first kappa shape index (κ1) is 14.5. The quantitative estimate of drug-likeness (QED) is 0.906. The summed E-state index contributed by atoms with van der Waals surface area (Å²) in [6.45, 7) is 1.37. The summed E-state index contributed by atoms with van der Waals surface area (Å²) in [6, 6.07) is 7.00. The van der Waals surface area contributed by atoms with Crippen LogP contribution in [0.5, 0.6) is 0 Å². The average molecular weight is 288 g/mol. The molecule has 0 saturated heterocycles. The van der Waals surface area contributed by atoms with Crippen molar-refractivity contribution in [1.29, 1.82) is 5.26 Å². The van der Waals surface area contributed by atoms with Crippen LogP contribution in [0.3, 0.4) is 0 Å². The van der Waals surface area contributed by atoms with E-state index in [9.17, 15) is 14.8 Å². The Morgan fingerprint density at radius 1 is 1.33 bits per heavy atom. The minimum absolute atomic E-state index is 0.122. The van der Waals surface area contributed by atoms with E-state index >= 15 is 0 Å². The summed E-state index contributed by atoms with van der Waals surface area (Å²) in [5, 5.41) is 18.5. The summed E-state index contributed by atoms with van der Waals surface area (Å²) < 4.78 is 13.2. The number of halogens is 1. The van der Waals surface area contributed by atoms with Crippen LogP contribution in [0.2, 0.25) is 0 Å². The van der Waals surface area contributed by atoms with Gasteiger partial charge in [0, 0.05) is 19.1 Å². The molecular formula is C17H21FN2O.